The van der Waals surface area contributed by atoms with E-state index in [0.29, 0.717) is 6.54 Å². The summed E-state index contributed by atoms with van der Waals surface area (Å²) in [6.45, 7) is 4.62. The van der Waals surface area contributed by atoms with Gasteiger partial charge in [-0.15, -0.1) is 11.3 Å². The molecule has 128 valence electrons. The predicted molar refractivity (Wildman–Crippen MR) is 104 cm³/mol. The van der Waals surface area contributed by atoms with Crippen molar-refractivity contribution in [1.29, 1.82) is 0 Å². The summed E-state index contributed by atoms with van der Waals surface area (Å²) >= 11 is 3.44. The fourth-order valence-corrected chi connectivity index (χ4v) is 4.30. The van der Waals surface area contributed by atoms with Crippen LogP contribution in [0.25, 0.3) is 0 Å². The van der Waals surface area contributed by atoms with Gasteiger partial charge >= 0.3 is 0 Å². The summed E-state index contributed by atoms with van der Waals surface area (Å²) in [6, 6.07) is 13.0. The average Bonchev–Trinajstić information content (AvgIpc) is 3.09. The van der Waals surface area contributed by atoms with Gasteiger partial charge in [-0.3, -0.25) is 9.69 Å². The van der Waals surface area contributed by atoms with E-state index in [4.69, 9.17) is 0 Å². The number of thioether (sulfide) groups is 1. The number of rotatable bonds is 6. The zero-order valence-electron chi connectivity index (χ0n) is 14.2. The summed E-state index contributed by atoms with van der Waals surface area (Å²) in [5.41, 5.74) is 2.71. The third-order valence-electron chi connectivity index (χ3n) is 4.65. The molecule has 2 aromatic rings. The van der Waals surface area contributed by atoms with Crippen LogP contribution in [-0.4, -0.2) is 35.4 Å². The van der Waals surface area contributed by atoms with E-state index in [9.17, 15) is 4.79 Å². The normalized spacial score (nSPS) is 17.1. The monoisotopic (exact) mass is 360 g/mol. The van der Waals surface area contributed by atoms with Crippen molar-refractivity contribution in [3.8, 4) is 0 Å². The Labute approximate surface area is 152 Å². The van der Waals surface area contributed by atoms with Crippen molar-refractivity contribution in [3.05, 3.63) is 57.8 Å². The van der Waals surface area contributed by atoms with Gasteiger partial charge < -0.3 is 5.32 Å². The van der Waals surface area contributed by atoms with Gasteiger partial charge in [0.1, 0.15) is 0 Å². The lowest BCUT2D eigenvalue weighted by atomic mass is 10.0. The Hall–Kier alpha value is -1.30. The Morgan fingerprint density at radius 1 is 1.33 bits per heavy atom. The number of hydrogen-bond acceptors (Lipinski definition) is 4. The van der Waals surface area contributed by atoms with Crippen LogP contribution >= 0.6 is 23.1 Å². The van der Waals surface area contributed by atoms with Gasteiger partial charge in [0.25, 0.3) is 0 Å². The molecule has 5 heteroatoms. The van der Waals surface area contributed by atoms with Crippen LogP contribution in [0.15, 0.2) is 41.8 Å². The number of nitrogens with one attached hydrogen (secondary N) is 1. The second-order valence-electron chi connectivity index (χ2n) is 6.14. The van der Waals surface area contributed by atoms with E-state index in [1.807, 2.05) is 30.6 Å². The molecule has 2 heterocycles. The maximum Gasteiger partial charge on any atom is 0.232 e. The standard InChI is InChI=1S/C19H24N2OS2/c1-14(23-2)19(22)20-12-17(15-6-4-3-5-7-15)21-10-8-18-16(13-21)9-11-24-18/h3-7,9,11,14,17H,8,10,12-13H2,1-2H3,(H,20,22). The van der Waals surface area contributed by atoms with Gasteiger partial charge in [0, 0.05) is 24.5 Å². The summed E-state index contributed by atoms with van der Waals surface area (Å²) in [6.07, 6.45) is 3.08. The van der Waals surface area contributed by atoms with Crippen LogP contribution in [0.3, 0.4) is 0 Å². The van der Waals surface area contributed by atoms with Gasteiger partial charge in [-0.1, -0.05) is 30.3 Å². The first-order valence-electron chi connectivity index (χ1n) is 8.33. The lowest BCUT2D eigenvalue weighted by Gasteiger charge is -2.35. The molecule has 2 atom stereocenters. The summed E-state index contributed by atoms with van der Waals surface area (Å²) in [4.78, 5) is 16.2. The summed E-state index contributed by atoms with van der Waals surface area (Å²) in [5, 5.41) is 5.33. The quantitative estimate of drug-likeness (QED) is 0.852. The number of benzene rings is 1. The van der Waals surface area contributed by atoms with Crippen LogP contribution in [0.5, 0.6) is 0 Å². The van der Waals surface area contributed by atoms with Crippen molar-refractivity contribution >= 4 is 29.0 Å². The second kappa shape index (κ2) is 8.19. The molecule has 1 aromatic heterocycles. The zero-order valence-corrected chi connectivity index (χ0v) is 15.8. The van der Waals surface area contributed by atoms with Crippen molar-refractivity contribution in [2.75, 3.05) is 19.3 Å². The Bertz CT molecular complexity index is 671. The molecule has 2 unspecified atom stereocenters. The van der Waals surface area contributed by atoms with Gasteiger partial charge in [-0.05, 0) is 42.2 Å². The second-order valence-corrected chi connectivity index (χ2v) is 8.32. The third-order valence-corrected chi connectivity index (χ3v) is 6.60. The molecule has 0 bridgehead atoms. The number of amides is 1. The van der Waals surface area contributed by atoms with Gasteiger partial charge in [-0.2, -0.15) is 11.8 Å². The molecule has 1 aromatic carbocycles. The first kappa shape index (κ1) is 17.5. The highest BCUT2D eigenvalue weighted by Crippen LogP contribution is 2.30. The summed E-state index contributed by atoms with van der Waals surface area (Å²) < 4.78 is 0. The van der Waals surface area contributed by atoms with Crippen LogP contribution in [0, 0.1) is 0 Å². The maximum absolute atomic E-state index is 12.2. The number of carbonyl (C=O) groups excluding carboxylic acids is 1. The van der Waals surface area contributed by atoms with E-state index < -0.39 is 0 Å². The fraction of sp³-hybridized carbons (Fsp3) is 0.421. The minimum absolute atomic E-state index is 0.00810. The van der Waals surface area contributed by atoms with Crippen molar-refractivity contribution in [2.45, 2.75) is 31.2 Å². The number of fused-ring (bicyclic) bond motifs is 1. The molecule has 3 rings (SSSR count). The summed E-state index contributed by atoms with van der Waals surface area (Å²) in [7, 11) is 0. The first-order chi connectivity index (χ1) is 11.7. The van der Waals surface area contributed by atoms with Crippen molar-refractivity contribution in [1.82, 2.24) is 10.2 Å². The highest BCUT2D eigenvalue weighted by Gasteiger charge is 2.26. The van der Waals surface area contributed by atoms with Crippen LogP contribution in [0.2, 0.25) is 0 Å². The molecule has 0 saturated carbocycles. The number of hydrogen-bond donors (Lipinski definition) is 1. The highest BCUT2D eigenvalue weighted by molar-refractivity contribution is 7.99. The fourth-order valence-electron chi connectivity index (χ4n) is 3.12. The van der Waals surface area contributed by atoms with E-state index in [-0.39, 0.29) is 17.2 Å². The molecule has 1 aliphatic heterocycles. The van der Waals surface area contributed by atoms with E-state index in [1.165, 1.54) is 16.0 Å². The lowest BCUT2D eigenvalue weighted by Crippen LogP contribution is -2.42. The molecular weight excluding hydrogens is 336 g/mol. The topological polar surface area (TPSA) is 32.3 Å². The first-order valence-corrected chi connectivity index (χ1v) is 10.5. The van der Waals surface area contributed by atoms with Crippen molar-refractivity contribution < 1.29 is 4.79 Å². The largest absolute Gasteiger partial charge is 0.353 e. The minimum atomic E-state index is -0.00810. The molecule has 0 radical (unpaired) electrons. The van der Waals surface area contributed by atoms with Crippen LogP contribution < -0.4 is 5.32 Å². The molecule has 0 aliphatic carbocycles. The van der Waals surface area contributed by atoms with Gasteiger partial charge in [0.05, 0.1) is 11.3 Å². The minimum Gasteiger partial charge on any atom is -0.353 e. The van der Waals surface area contributed by atoms with E-state index in [1.54, 1.807) is 11.8 Å². The van der Waals surface area contributed by atoms with E-state index >= 15 is 0 Å². The number of carbonyl (C=O) groups is 1. The molecule has 0 fully saturated rings. The number of thiophene rings is 1. The molecule has 0 spiro atoms. The lowest BCUT2D eigenvalue weighted by molar-refractivity contribution is -0.120. The molecule has 0 saturated heterocycles. The van der Waals surface area contributed by atoms with Gasteiger partial charge in [-0.25, -0.2) is 0 Å². The Morgan fingerprint density at radius 3 is 2.88 bits per heavy atom. The van der Waals surface area contributed by atoms with Gasteiger partial charge in [0.2, 0.25) is 5.91 Å². The SMILES string of the molecule is CSC(C)C(=O)NCC(c1ccccc1)N1CCc2sccc2C1. The van der Waals surface area contributed by atoms with Crippen LogP contribution in [0.1, 0.15) is 29.0 Å². The molecule has 3 nitrogen and oxygen atoms in total. The zero-order chi connectivity index (χ0) is 16.9. The maximum atomic E-state index is 12.2. The summed E-state index contributed by atoms with van der Waals surface area (Å²) in [5.74, 6) is 0.122. The molecule has 1 N–H and O–H groups in total. The van der Waals surface area contributed by atoms with Crippen molar-refractivity contribution in [3.63, 3.8) is 0 Å². The molecule has 24 heavy (non-hydrogen) atoms. The number of nitrogens with zero attached hydrogens (tertiary/aromatic N) is 1. The Kier molecular flexibility index (Phi) is 5.98. The molecule has 1 aliphatic rings. The Morgan fingerprint density at radius 2 is 2.12 bits per heavy atom. The van der Waals surface area contributed by atoms with Gasteiger partial charge in [0.15, 0.2) is 0 Å². The van der Waals surface area contributed by atoms with Crippen LogP contribution in [0.4, 0.5) is 0 Å². The highest BCUT2D eigenvalue weighted by atomic mass is 32.2. The molecule has 1 amide bonds. The van der Waals surface area contributed by atoms with E-state index in [2.05, 4.69) is 45.9 Å². The van der Waals surface area contributed by atoms with Crippen molar-refractivity contribution in [2.24, 2.45) is 0 Å². The van der Waals surface area contributed by atoms with Crippen LogP contribution in [-0.2, 0) is 17.8 Å². The predicted octanol–water partition coefficient (Wildman–Crippen LogP) is 3.72. The smallest absolute Gasteiger partial charge is 0.232 e. The molecular formula is C19H24N2OS2. The van der Waals surface area contributed by atoms with E-state index in [0.717, 1.165) is 19.5 Å². The third kappa shape index (κ3) is 4.02. The average molecular weight is 361 g/mol. The Balaban J connectivity index is 1.75.